The third-order valence-corrected chi connectivity index (χ3v) is 5.01. The minimum atomic E-state index is 0.0432. The molecule has 2 N–H and O–H groups in total. The van der Waals surface area contributed by atoms with Crippen LogP contribution in [0.4, 0.5) is 0 Å². The second-order valence-corrected chi connectivity index (χ2v) is 6.27. The molecule has 5 unspecified atom stereocenters. The van der Waals surface area contributed by atoms with Gasteiger partial charge >= 0.3 is 0 Å². The van der Waals surface area contributed by atoms with Crippen molar-refractivity contribution >= 4 is 5.91 Å². The van der Waals surface area contributed by atoms with Gasteiger partial charge in [-0.25, -0.2) is 0 Å². The number of hydrogen-bond donors (Lipinski definition) is 2. The summed E-state index contributed by atoms with van der Waals surface area (Å²) in [5, 5.41) is 6.70. The lowest BCUT2D eigenvalue weighted by atomic mass is 9.93. The Hall–Kier alpha value is -0.570. The molecule has 3 heteroatoms. The normalized spacial score (nSPS) is 40.7. The maximum atomic E-state index is 12.3. The molecule has 0 aromatic carbocycles. The Bertz CT molecular complexity index is 292. The van der Waals surface area contributed by atoms with Crippen LogP contribution in [-0.4, -0.2) is 24.0 Å². The largest absolute Gasteiger partial charge is 0.352 e. The van der Waals surface area contributed by atoms with E-state index < -0.39 is 0 Å². The van der Waals surface area contributed by atoms with Crippen LogP contribution in [0.25, 0.3) is 0 Å². The Kier molecular flexibility index (Phi) is 4.66. The Morgan fingerprint density at radius 3 is 2.61 bits per heavy atom. The van der Waals surface area contributed by atoms with Crippen molar-refractivity contribution in [1.82, 2.24) is 10.6 Å². The van der Waals surface area contributed by atoms with Crippen LogP contribution in [0.2, 0.25) is 0 Å². The number of carbonyl (C=O) groups is 1. The number of piperidine rings is 1. The Morgan fingerprint density at radius 1 is 1.22 bits per heavy atom. The van der Waals surface area contributed by atoms with Crippen molar-refractivity contribution in [1.29, 1.82) is 0 Å². The van der Waals surface area contributed by atoms with Gasteiger partial charge in [-0.2, -0.15) is 0 Å². The zero-order chi connectivity index (χ0) is 13.1. The maximum absolute atomic E-state index is 12.3. The smallest absolute Gasteiger partial charge is 0.237 e. The van der Waals surface area contributed by atoms with Crippen LogP contribution >= 0.6 is 0 Å². The molecular formula is C15H28N2O. The first-order valence-corrected chi connectivity index (χ1v) is 7.68. The minimum absolute atomic E-state index is 0.0432. The Morgan fingerprint density at radius 2 is 2.00 bits per heavy atom. The monoisotopic (exact) mass is 252 g/mol. The standard InChI is InChI=1S/C15H28N2O/c1-4-12-8-9-13(11(12)3)17-15(18)14-7-5-6-10(2)16-14/h10-14,16H,4-9H2,1-3H3,(H,17,18). The van der Waals surface area contributed by atoms with E-state index in [9.17, 15) is 4.79 Å². The van der Waals surface area contributed by atoms with Gasteiger partial charge in [0.15, 0.2) is 0 Å². The second kappa shape index (κ2) is 6.05. The van der Waals surface area contributed by atoms with Crippen LogP contribution < -0.4 is 10.6 Å². The molecule has 18 heavy (non-hydrogen) atoms. The van der Waals surface area contributed by atoms with Crippen LogP contribution in [0.15, 0.2) is 0 Å². The highest BCUT2D eigenvalue weighted by atomic mass is 16.2. The molecule has 3 nitrogen and oxygen atoms in total. The van der Waals surface area contributed by atoms with Gasteiger partial charge in [-0.1, -0.05) is 20.3 Å². The zero-order valence-corrected chi connectivity index (χ0v) is 12.0. The number of carbonyl (C=O) groups excluding carboxylic acids is 1. The quantitative estimate of drug-likeness (QED) is 0.810. The van der Waals surface area contributed by atoms with Crippen LogP contribution in [-0.2, 0) is 4.79 Å². The van der Waals surface area contributed by atoms with Crippen molar-refractivity contribution < 1.29 is 4.79 Å². The van der Waals surface area contributed by atoms with Crippen LogP contribution in [0.1, 0.15) is 59.3 Å². The highest BCUT2D eigenvalue weighted by Crippen LogP contribution is 2.33. The predicted molar refractivity (Wildman–Crippen MR) is 74.3 cm³/mol. The highest BCUT2D eigenvalue weighted by molar-refractivity contribution is 5.82. The van der Waals surface area contributed by atoms with Crippen molar-refractivity contribution in [3.8, 4) is 0 Å². The molecule has 0 bridgehead atoms. The van der Waals surface area contributed by atoms with Crippen molar-refractivity contribution in [3.05, 3.63) is 0 Å². The van der Waals surface area contributed by atoms with E-state index in [-0.39, 0.29) is 11.9 Å². The van der Waals surface area contributed by atoms with Gasteiger partial charge in [0.05, 0.1) is 6.04 Å². The Balaban J connectivity index is 1.84. The van der Waals surface area contributed by atoms with Gasteiger partial charge in [-0.05, 0) is 50.9 Å². The van der Waals surface area contributed by atoms with Crippen LogP contribution in [0.3, 0.4) is 0 Å². The summed E-state index contributed by atoms with van der Waals surface area (Å²) in [4.78, 5) is 12.3. The molecule has 1 saturated carbocycles. The van der Waals surface area contributed by atoms with E-state index in [1.54, 1.807) is 0 Å². The van der Waals surface area contributed by atoms with Crippen molar-refractivity contribution in [2.45, 2.75) is 77.4 Å². The van der Waals surface area contributed by atoms with Crippen molar-refractivity contribution in [3.63, 3.8) is 0 Å². The molecule has 1 saturated heterocycles. The number of hydrogen-bond acceptors (Lipinski definition) is 2. The number of rotatable bonds is 3. The van der Waals surface area contributed by atoms with Gasteiger partial charge < -0.3 is 10.6 Å². The molecule has 2 fully saturated rings. The summed E-state index contributed by atoms with van der Waals surface area (Å²) in [5.74, 6) is 1.67. The van der Waals surface area contributed by atoms with Gasteiger partial charge in [-0.3, -0.25) is 4.79 Å². The minimum Gasteiger partial charge on any atom is -0.352 e. The molecule has 5 atom stereocenters. The summed E-state index contributed by atoms with van der Waals surface area (Å²) < 4.78 is 0. The summed E-state index contributed by atoms with van der Waals surface area (Å²) >= 11 is 0. The van der Waals surface area contributed by atoms with E-state index in [4.69, 9.17) is 0 Å². The first-order valence-electron chi connectivity index (χ1n) is 7.68. The molecule has 0 radical (unpaired) electrons. The van der Waals surface area contributed by atoms with Gasteiger partial charge in [0.2, 0.25) is 5.91 Å². The van der Waals surface area contributed by atoms with E-state index >= 15 is 0 Å². The van der Waals surface area contributed by atoms with Crippen LogP contribution in [0.5, 0.6) is 0 Å². The van der Waals surface area contributed by atoms with Crippen LogP contribution in [0, 0.1) is 11.8 Å². The van der Waals surface area contributed by atoms with Crippen molar-refractivity contribution in [2.75, 3.05) is 0 Å². The maximum Gasteiger partial charge on any atom is 0.237 e. The molecule has 104 valence electrons. The lowest BCUT2D eigenvalue weighted by Gasteiger charge is -2.30. The number of nitrogens with one attached hydrogen (secondary N) is 2. The molecule has 2 rings (SSSR count). The first-order chi connectivity index (χ1) is 8.61. The predicted octanol–water partition coefficient (Wildman–Crippen LogP) is 2.46. The molecule has 1 aliphatic carbocycles. The average Bonchev–Trinajstić information content (AvgIpc) is 2.70. The molecule has 1 aliphatic heterocycles. The molecule has 0 spiro atoms. The van der Waals surface area contributed by atoms with E-state index in [1.165, 1.54) is 25.7 Å². The lowest BCUT2D eigenvalue weighted by molar-refractivity contribution is -0.124. The fourth-order valence-corrected chi connectivity index (χ4v) is 3.66. The molecule has 0 aromatic heterocycles. The molecule has 1 heterocycles. The molecule has 2 aliphatic rings. The topological polar surface area (TPSA) is 41.1 Å². The highest BCUT2D eigenvalue weighted by Gasteiger charge is 2.34. The summed E-state index contributed by atoms with van der Waals surface area (Å²) in [6, 6.07) is 0.932. The summed E-state index contributed by atoms with van der Waals surface area (Å²) in [5.41, 5.74) is 0. The van der Waals surface area contributed by atoms with Gasteiger partial charge in [-0.15, -0.1) is 0 Å². The Labute approximate surface area is 111 Å². The zero-order valence-electron chi connectivity index (χ0n) is 12.0. The fourth-order valence-electron chi connectivity index (χ4n) is 3.66. The van der Waals surface area contributed by atoms with E-state index in [2.05, 4.69) is 31.4 Å². The second-order valence-electron chi connectivity index (χ2n) is 6.27. The third-order valence-electron chi connectivity index (χ3n) is 5.01. The SMILES string of the molecule is CCC1CCC(NC(=O)C2CCCC(C)N2)C1C. The van der Waals surface area contributed by atoms with Gasteiger partial charge in [0.1, 0.15) is 0 Å². The summed E-state index contributed by atoms with van der Waals surface area (Å²) in [6.07, 6.45) is 7.04. The van der Waals surface area contributed by atoms with E-state index in [0.29, 0.717) is 18.0 Å². The summed E-state index contributed by atoms with van der Waals surface area (Å²) in [6.45, 7) is 6.73. The molecule has 0 aromatic rings. The molecule has 1 amide bonds. The van der Waals surface area contributed by atoms with E-state index in [1.807, 2.05) is 0 Å². The lowest BCUT2D eigenvalue weighted by Crippen LogP contribution is -2.52. The van der Waals surface area contributed by atoms with Gasteiger partial charge in [0.25, 0.3) is 0 Å². The molecular weight excluding hydrogens is 224 g/mol. The van der Waals surface area contributed by atoms with Gasteiger partial charge in [0, 0.05) is 12.1 Å². The third kappa shape index (κ3) is 3.05. The number of amides is 1. The first kappa shape index (κ1) is 13.9. The fraction of sp³-hybridized carbons (Fsp3) is 0.933. The van der Waals surface area contributed by atoms with Crippen molar-refractivity contribution in [2.24, 2.45) is 11.8 Å². The van der Waals surface area contributed by atoms with E-state index in [0.717, 1.165) is 18.8 Å². The summed E-state index contributed by atoms with van der Waals surface area (Å²) in [7, 11) is 0. The average molecular weight is 252 g/mol.